The van der Waals surface area contributed by atoms with Crippen LogP contribution in [0.4, 0.5) is 0 Å². The Morgan fingerprint density at radius 1 is 0.427 bits per heavy atom. The zero-order valence-corrected chi connectivity index (χ0v) is 53.4. The molecule has 1 aliphatic heterocycles. The van der Waals surface area contributed by atoms with Crippen LogP contribution in [0, 0.1) is 0 Å². The second-order valence-corrected chi connectivity index (χ2v) is 29.2. The smallest absolute Gasteiger partial charge is 0.872 e. The summed E-state index contributed by atoms with van der Waals surface area (Å²) >= 11 is 0. The Labute approximate surface area is 499 Å². The van der Waals surface area contributed by atoms with Crippen LogP contribution in [-0.2, 0) is 54.1 Å². The third-order valence-electron chi connectivity index (χ3n) is 15.2. The van der Waals surface area contributed by atoms with E-state index >= 15 is 0 Å². The zero-order valence-electron chi connectivity index (χ0n) is 51.4. The summed E-state index contributed by atoms with van der Waals surface area (Å²) in [5.74, 6) is 0.624. The monoisotopic (exact) mass is 1160 g/mol. The van der Waals surface area contributed by atoms with Crippen molar-refractivity contribution >= 4 is 41.8 Å². The Kier molecular flexibility index (Phi) is 17.9. The van der Waals surface area contributed by atoms with Crippen molar-refractivity contribution in [3.05, 3.63) is 178 Å². The number of nitrogens with zero attached hydrogens (tertiary/aromatic N) is 2. The van der Waals surface area contributed by atoms with Crippen LogP contribution in [-0.4, -0.2) is 25.5 Å². The van der Waals surface area contributed by atoms with Gasteiger partial charge in [0.2, 0.25) is 0 Å². The number of phosphoric ester groups is 1. The Morgan fingerprint density at radius 2 is 0.744 bits per heavy atom. The van der Waals surface area contributed by atoms with E-state index in [1.165, 1.54) is 11.1 Å². The van der Waals surface area contributed by atoms with Gasteiger partial charge in [0.15, 0.2) is 0 Å². The van der Waals surface area contributed by atoms with Crippen LogP contribution in [0.2, 0.25) is 0 Å². The Morgan fingerprint density at radius 3 is 1.05 bits per heavy atom. The summed E-state index contributed by atoms with van der Waals surface area (Å²) in [6, 6.07) is 44.7. The average molecular weight is 1160 g/mol. The molecule has 8 nitrogen and oxygen atoms in total. The molecule has 8 aromatic rings. The van der Waals surface area contributed by atoms with Gasteiger partial charge in [-0.3, -0.25) is 9.98 Å². The largest absolute Gasteiger partial charge is 3.00 e. The summed E-state index contributed by atoms with van der Waals surface area (Å²) in [5, 5.41) is 29.9. The Bertz CT molecular complexity index is 3520. The van der Waals surface area contributed by atoms with E-state index in [2.05, 4.69) is 171 Å². The molecule has 0 bridgehead atoms. The van der Waals surface area contributed by atoms with E-state index in [1.54, 1.807) is 12.4 Å². The number of phosphoric acid groups is 1. The molecule has 10 heteroatoms. The molecule has 82 heavy (non-hydrogen) atoms. The van der Waals surface area contributed by atoms with Gasteiger partial charge in [-0.1, -0.05) is 257 Å². The van der Waals surface area contributed by atoms with Gasteiger partial charge in [-0.25, -0.2) is 4.57 Å². The maximum absolute atomic E-state index is 13.8. The molecular weight excluding hydrogens is 1080 g/mol. The van der Waals surface area contributed by atoms with Gasteiger partial charge in [0.05, 0.1) is 13.1 Å². The minimum Gasteiger partial charge on any atom is -0.872 e. The van der Waals surface area contributed by atoms with E-state index in [0.29, 0.717) is 46.5 Å². The molecule has 0 aliphatic carbocycles. The summed E-state index contributed by atoms with van der Waals surface area (Å²) in [6.07, 6.45) is 3.36. The fourth-order valence-electron chi connectivity index (χ4n) is 10.2. The van der Waals surface area contributed by atoms with Crippen molar-refractivity contribution in [2.75, 3.05) is 13.1 Å². The molecule has 429 valence electrons. The second-order valence-electron chi connectivity index (χ2n) is 27.9. The van der Waals surface area contributed by atoms with Crippen molar-refractivity contribution in [1.82, 2.24) is 0 Å². The normalized spacial score (nSPS) is 13.9. The summed E-state index contributed by atoms with van der Waals surface area (Å²) in [5.41, 5.74) is 11.4. The number of hydrogen-bond acceptors (Lipinski definition) is 8. The first kappa shape index (κ1) is 63.1. The molecule has 0 saturated heterocycles. The third-order valence-corrected chi connectivity index (χ3v) is 16.0. The number of aliphatic imine (C=N–C) groups is 2. The van der Waals surface area contributed by atoms with Crippen LogP contribution < -0.4 is 24.2 Å². The Hall–Kier alpha value is -6.47. The second kappa shape index (κ2) is 23.3. The first-order chi connectivity index (χ1) is 37.5. The van der Waals surface area contributed by atoms with Gasteiger partial charge in [-0.05, 0) is 122 Å². The first-order valence-electron chi connectivity index (χ1n) is 28.3. The topological polar surface area (TPSA) is 129 Å². The van der Waals surface area contributed by atoms with Crippen LogP contribution in [0.5, 0.6) is 23.0 Å². The summed E-state index contributed by atoms with van der Waals surface area (Å²) in [7, 11) is -4.87. The van der Waals surface area contributed by atoms with Gasteiger partial charge in [-0.15, -0.1) is 0 Å². The summed E-state index contributed by atoms with van der Waals surface area (Å²) in [4.78, 5) is 22.8. The van der Waals surface area contributed by atoms with Crippen LogP contribution >= 0.6 is 7.82 Å². The van der Waals surface area contributed by atoms with Crippen LogP contribution in [0.3, 0.4) is 0 Å². The van der Waals surface area contributed by atoms with Crippen LogP contribution in [0.25, 0.3) is 54.9 Å². The molecule has 0 atom stereocenters. The van der Waals surface area contributed by atoms with Crippen molar-refractivity contribution < 1.29 is 45.8 Å². The molecule has 9 rings (SSSR count). The van der Waals surface area contributed by atoms with E-state index in [-0.39, 0.29) is 72.6 Å². The van der Waals surface area contributed by atoms with E-state index in [4.69, 9.17) is 9.05 Å². The van der Waals surface area contributed by atoms with Crippen molar-refractivity contribution in [2.45, 2.75) is 157 Å². The predicted octanol–water partition coefficient (Wildman–Crippen LogP) is 17.4. The molecule has 8 aromatic carbocycles. The minimum absolute atomic E-state index is 0. The van der Waals surface area contributed by atoms with Gasteiger partial charge >= 0.3 is 24.9 Å². The zero-order chi connectivity index (χ0) is 59.4. The fraction of sp³-hybridized carbons (Fsp3) is 0.361. The maximum atomic E-state index is 13.8. The van der Waals surface area contributed by atoms with E-state index in [0.717, 1.165) is 54.9 Å². The molecule has 1 heterocycles. The van der Waals surface area contributed by atoms with Gasteiger partial charge in [-0.2, -0.15) is 0 Å². The van der Waals surface area contributed by atoms with Crippen molar-refractivity contribution in [2.24, 2.45) is 9.98 Å². The molecule has 0 amide bonds. The van der Waals surface area contributed by atoms with E-state index < -0.39 is 7.82 Å². The summed E-state index contributed by atoms with van der Waals surface area (Å²) < 4.78 is 25.8. The SMILES string of the molecule is CC(C)(C)c1cc(C=NCCN=Cc2cc(C(C)(C)C)cc(C(C)(C)C)c2[O-])c([O-])c(C(C)(C)C)c1.CC(C)(C)c1ccc(-c2cc3ccccc3c3c2OP(=O)([O-])Oc2c(-c4ccc(C(C)(C)C)cc4)cc4ccccc4c2-3)cc1.[Fe+3]. The standard InChI is InChI=1S/C40H37O4P.C32H48N2O2.Fe/c1-39(2,3)29-19-15-25(16-20-29)33-23-27-11-7-9-13-31(27)35-36-32-14-10-8-12-28(32)24-34(38(36)44-45(41,42)43-37(33)35)26-17-21-30(22-18-26)40(4,5)6;1-29(2,3)23-15-21(27(35)25(17-23)31(7,8)9)19-33-13-14-34-20-22-16-24(30(4,5)6)18-26(28(22)36)32(10,11)12;/h7-24H,1-6H3,(H,41,42);15-20,35-36H,13-14H2,1-12H3;/q;;+3/p-3. The Balaban J connectivity index is 0.000000240. The van der Waals surface area contributed by atoms with Gasteiger partial charge < -0.3 is 24.2 Å². The van der Waals surface area contributed by atoms with E-state index in [9.17, 15) is 19.7 Å². The fourth-order valence-corrected chi connectivity index (χ4v) is 11.1. The summed E-state index contributed by atoms with van der Waals surface area (Å²) in [6.45, 7) is 39.2. The predicted molar refractivity (Wildman–Crippen MR) is 336 cm³/mol. The van der Waals surface area contributed by atoms with Crippen LogP contribution in [0.1, 0.15) is 169 Å². The molecule has 0 fully saturated rings. The molecule has 0 N–H and O–H groups in total. The molecular formula is C72H82FeN2O6P. The third kappa shape index (κ3) is 13.9. The number of benzene rings is 8. The minimum atomic E-state index is -4.87. The quantitative estimate of drug-likeness (QED) is 0.0676. The molecule has 1 radical (unpaired) electrons. The van der Waals surface area contributed by atoms with Crippen LogP contribution in [0.15, 0.2) is 143 Å². The van der Waals surface area contributed by atoms with Crippen molar-refractivity contribution in [1.29, 1.82) is 0 Å². The number of fused-ring (bicyclic) bond motifs is 7. The number of hydrogen-bond donors (Lipinski definition) is 0. The molecule has 0 spiro atoms. The van der Waals surface area contributed by atoms with Crippen molar-refractivity contribution in [3.8, 4) is 56.4 Å². The number of rotatable bonds is 7. The molecule has 0 saturated carbocycles. The van der Waals surface area contributed by atoms with Gasteiger partial charge in [0, 0.05) is 34.7 Å². The van der Waals surface area contributed by atoms with E-state index in [1.807, 2.05) is 97.1 Å². The molecule has 1 aliphatic rings. The van der Waals surface area contributed by atoms with Gasteiger partial charge in [0.1, 0.15) is 11.5 Å². The molecule has 0 unspecified atom stereocenters. The first-order valence-corrected chi connectivity index (χ1v) is 29.7. The van der Waals surface area contributed by atoms with Gasteiger partial charge in [0.25, 0.3) is 0 Å². The van der Waals surface area contributed by atoms with Crippen molar-refractivity contribution in [3.63, 3.8) is 0 Å². The maximum Gasteiger partial charge on any atom is 3.00 e. The molecule has 0 aromatic heterocycles. The average Bonchev–Trinajstić information content (AvgIpc) is 1.92.